The molecule has 0 bridgehead atoms. The van der Waals surface area contributed by atoms with E-state index in [1.165, 1.54) is 0 Å². The van der Waals surface area contributed by atoms with Crippen molar-refractivity contribution in [3.8, 4) is 17.1 Å². The van der Waals surface area contributed by atoms with Gasteiger partial charge in [-0.1, -0.05) is 24.3 Å². The number of nitrogens with one attached hydrogen (secondary N) is 1. The van der Waals surface area contributed by atoms with Crippen molar-refractivity contribution in [2.24, 2.45) is 0 Å². The molecule has 1 aliphatic heterocycles. The van der Waals surface area contributed by atoms with Gasteiger partial charge in [-0.25, -0.2) is 4.98 Å². The number of aryl methyl sites for hydroxylation is 1. The average molecular weight is 445 g/mol. The van der Waals surface area contributed by atoms with Crippen LogP contribution in [0, 0.1) is 6.92 Å². The molecule has 2 aromatic heterocycles. The zero-order valence-electron chi connectivity index (χ0n) is 18.8. The number of carbonyl (C=O) groups is 1. The number of hydrogen-bond acceptors (Lipinski definition) is 5. The van der Waals surface area contributed by atoms with Gasteiger partial charge in [0, 0.05) is 25.7 Å². The summed E-state index contributed by atoms with van der Waals surface area (Å²) < 4.78 is 5.53. The summed E-state index contributed by atoms with van der Waals surface area (Å²) in [6, 6.07) is 7.72. The molecule has 3 heterocycles. The SMILES string of the molecule is Cc1ncc(-c2ccc(C3CCN(C(=O)Cc4cc(C5=CCCC=C5)n[nH]4)CC3)cc2O)o1. The van der Waals surface area contributed by atoms with E-state index in [9.17, 15) is 9.90 Å². The van der Waals surface area contributed by atoms with Crippen molar-refractivity contribution in [1.82, 2.24) is 20.1 Å². The van der Waals surface area contributed by atoms with E-state index < -0.39 is 0 Å². The summed E-state index contributed by atoms with van der Waals surface area (Å²) in [5.74, 6) is 1.76. The Hall–Kier alpha value is -3.61. The molecule has 2 N–H and O–H groups in total. The van der Waals surface area contributed by atoms with Crippen LogP contribution in [0.1, 0.15) is 54.4 Å². The van der Waals surface area contributed by atoms with E-state index in [0.717, 1.165) is 48.2 Å². The fourth-order valence-corrected chi connectivity index (χ4v) is 4.64. The molecule has 7 nitrogen and oxygen atoms in total. The average Bonchev–Trinajstić information content (AvgIpc) is 3.49. The van der Waals surface area contributed by atoms with Gasteiger partial charge in [-0.15, -0.1) is 0 Å². The van der Waals surface area contributed by atoms with Crippen LogP contribution in [0.2, 0.25) is 0 Å². The van der Waals surface area contributed by atoms with Crippen molar-refractivity contribution in [1.29, 1.82) is 0 Å². The number of aromatic hydroxyl groups is 1. The lowest BCUT2D eigenvalue weighted by molar-refractivity contribution is -0.131. The zero-order chi connectivity index (χ0) is 22.8. The Kier molecular flexibility index (Phi) is 5.86. The first-order valence-electron chi connectivity index (χ1n) is 11.5. The van der Waals surface area contributed by atoms with E-state index in [0.29, 0.717) is 42.6 Å². The second kappa shape index (κ2) is 9.10. The predicted molar refractivity (Wildman–Crippen MR) is 126 cm³/mol. The lowest BCUT2D eigenvalue weighted by Crippen LogP contribution is -2.38. The number of aromatic amines is 1. The Balaban J connectivity index is 1.18. The standard InChI is InChI=1S/C26H28N4O3/c1-17-27-16-25(33-17)22-8-7-20(13-24(22)31)18-9-11-30(12-10-18)26(32)15-21-14-23(29-28-21)19-5-3-2-4-6-19/h3,5-8,13-14,16,18,31H,2,4,9-12,15H2,1H3,(H,28,29). The van der Waals surface area contributed by atoms with Crippen LogP contribution in [-0.2, 0) is 11.2 Å². The fourth-order valence-electron chi connectivity index (χ4n) is 4.64. The lowest BCUT2D eigenvalue weighted by atomic mass is 9.88. The quantitative estimate of drug-likeness (QED) is 0.592. The first kappa shape index (κ1) is 21.2. The van der Waals surface area contributed by atoms with Gasteiger partial charge in [0.1, 0.15) is 5.75 Å². The highest BCUT2D eigenvalue weighted by atomic mass is 16.4. The van der Waals surface area contributed by atoms with Crippen molar-refractivity contribution in [3.05, 3.63) is 71.5 Å². The predicted octanol–water partition coefficient (Wildman–Crippen LogP) is 4.76. The van der Waals surface area contributed by atoms with Crippen LogP contribution in [0.15, 0.2) is 53.1 Å². The van der Waals surface area contributed by atoms with Gasteiger partial charge in [0.2, 0.25) is 5.91 Å². The minimum Gasteiger partial charge on any atom is -0.507 e. The minimum absolute atomic E-state index is 0.121. The summed E-state index contributed by atoms with van der Waals surface area (Å²) in [6.45, 7) is 3.20. The summed E-state index contributed by atoms with van der Waals surface area (Å²) in [5.41, 5.74) is 4.60. The number of phenols is 1. The van der Waals surface area contributed by atoms with E-state index in [1.807, 2.05) is 29.2 Å². The number of piperidine rings is 1. The van der Waals surface area contributed by atoms with Crippen molar-refractivity contribution in [2.75, 3.05) is 13.1 Å². The minimum atomic E-state index is 0.121. The number of phenolic OH excluding ortho intramolecular Hbond substituents is 1. The van der Waals surface area contributed by atoms with Crippen molar-refractivity contribution < 1.29 is 14.3 Å². The maximum atomic E-state index is 12.8. The van der Waals surface area contributed by atoms with E-state index in [4.69, 9.17) is 4.42 Å². The number of likely N-dealkylation sites (tertiary alicyclic amines) is 1. The monoisotopic (exact) mass is 444 g/mol. The van der Waals surface area contributed by atoms with Gasteiger partial charge in [0.25, 0.3) is 0 Å². The largest absolute Gasteiger partial charge is 0.507 e. The molecular formula is C26H28N4O3. The van der Waals surface area contributed by atoms with Gasteiger partial charge in [-0.3, -0.25) is 9.89 Å². The second-order valence-electron chi connectivity index (χ2n) is 8.77. The number of hydrogen-bond donors (Lipinski definition) is 2. The number of allylic oxidation sites excluding steroid dienone is 4. The highest BCUT2D eigenvalue weighted by Gasteiger charge is 2.25. The smallest absolute Gasteiger partial charge is 0.228 e. The number of rotatable bonds is 5. The van der Waals surface area contributed by atoms with Crippen LogP contribution in [0.4, 0.5) is 0 Å². The van der Waals surface area contributed by atoms with Crippen LogP contribution >= 0.6 is 0 Å². The molecule has 0 atom stereocenters. The molecule has 0 spiro atoms. The topological polar surface area (TPSA) is 95.2 Å². The van der Waals surface area contributed by atoms with Gasteiger partial charge < -0.3 is 14.4 Å². The number of oxazole rings is 1. The zero-order valence-corrected chi connectivity index (χ0v) is 18.8. The van der Waals surface area contributed by atoms with Crippen LogP contribution < -0.4 is 0 Å². The molecule has 0 saturated carbocycles. The number of carbonyl (C=O) groups excluding carboxylic acids is 1. The van der Waals surface area contributed by atoms with E-state index in [1.54, 1.807) is 13.1 Å². The van der Waals surface area contributed by atoms with E-state index >= 15 is 0 Å². The molecule has 33 heavy (non-hydrogen) atoms. The van der Waals surface area contributed by atoms with E-state index in [-0.39, 0.29) is 11.7 Å². The molecule has 2 aliphatic rings. The molecule has 5 rings (SSSR count). The van der Waals surface area contributed by atoms with Crippen LogP contribution in [-0.4, -0.2) is 44.2 Å². The Morgan fingerprint density at radius 2 is 2.09 bits per heavy atom. The van der Waals surface area contributed by atoms with Crippen LogP contribution in [0.5, 0.6) is 5.75 Å². The number of H-pyrrole nitrogens is 1. The molecule has 1 aromatic carbocycles. The molecule has 3 aromatic rings. The summed E-state index contributed by atoms with van der Waals surface area (Å²) >= 11 is 0. The number of amides is 1. The molecular weight excluding hydrogens is 416 g/mol. The van der Waals surface area contributed by atoms with Gasteiger partial charge in [0.15, 0.2) is 11.7 Å². The molecule has 1 saturated heterocycles. The van der Waals surface area contributed by atoms with Crippen LogP contribution in [0.25, 0.3) is 16.9 Å². The van der Waals surface area contributed by atoms with Gasteiger partial charge in [-0.2, -0.15) is 5.10 Å². The fraction of sp³-hybridized carbons (Fsp3) is 0.346. The maximum absolute atomic E-state index is 12.8. The lowest BCUT2D eigenvalue weighted by Gasteiger charge is -2.32. The third kappa shape index (κ3) is 4.62. The summed E-state index contributed by atoms with van der Waals surface area (Å²) in [5, 5.41) is 17.9. The van der Waals surface area contributed by atoms with Crippen molar-refractivity contribution >= 4 is 11.5 Å². The highest BCUT2D eigenvalue weighted by molar-refractivity contribution is 5.79. The first-order valence-corrected chi connectivity index (χ1v) is 11.5. The third-order valence-electron chi connectivity index (χ3n) is 6.49. The Labute approximate surface area is 192 Å². The normalized spacial score (nSPS) is 16.8. The Morgan fingerprint density at radius 1 is 1.24 bits per heavy atom. The van der Waals surface area contributed by atoms with E-state index in [2.05, 4.69) is 33.4 Å². The molecule has 0 radical (unpaired) electrons. The molecule has 1 fully saturated rings. The third-order valence-corrected chi connectivity index (χ3v) is 6.49. The van der Waals surface area contributed by atoms with Gasteiger partial charge in [0.05, 0.1) is 23.9 Å². The first-order chi connectivity index (χ1) is 16.1. The Morgan fingerprint density at radius 3 is 2.79 bits per heavy atom. The molecule has 1 amide bonds. The molecule has 1 aliphatic carbocycles. The number of benzene rings is 1. The second-order valence-corrected chi connectivity index (χ2v) is 8.77. The molecule has 7 heteroatoms. The van der Waals surface area contributed by atoms with Crippen molar-refractivity contribution in [2.45, 2.75) is 44.9 Å². The highest BCUT2D eigenvalue weighted by Crippen LogP contribution is 2.35. The van der Waals surface area contributed by atoms with Gasteiger partial charge >= 0.3 is 0 Å². The molecule has 170 valence electrons. The molecule has 0 unspecified atom stereocenters. The van der Waals surface area contributed by atoms with Crippen LogP contribution in [0.3, 0.4) is 0 Å². The number of nitrogens with zero attached hydrogens (tertiary/aromatic N) is 3. The number of aromatic nitrogens is 3. The Bertz CT molecular complexity index is 1210. The summed E-state index contributed by atoms with van der Waals surface area (Å²) in [7, 11) is 0. The summed E-state index contributed by atoms with van der Waals surface area (Å²) in [6.07, 6.45) is 12.2. The summed E-state index contributed by atoms with van der Waals surface area (Å²) in [4.78, 5) is 18.9. The van der Waals surface area contributed by atoms with Gasteiger partial charge in [-0.05, 0) is 60.9 Å². The van der Waals surface area contributed by atoms with Crippen molar-refractivity contribution in [3.63, 3.8) is 0 Å². The maximum Gasteiger partial charge on any atom is 0.228 e.